The molecule has 0 N–H and O–H groups in total. The van der Waals surface area contributed by atoms with Gasteiger partial charge in [-0.1, -0.05) is 23.7 Å². The van der Waals surface area contributed by atoms with E-state index in [-0.39, 0.29) is 43.7 Å². The summed E-state index contributed by atoms with van der Waals surface area (Å²) < 4.78 is 52.0. The summed E-state index contributed by atoms with van der Waals surface area (Å²) in [6.07, 6.45) is -0.790. The summed E-state index contributed by atoms with van der Waals surface area (Å²) in [5.41, 5.74) is 0. The number of hydrogen-bond donors (Lipinski definition) is 0. The third-order valence-corrected chi connectivity index (χ3v) is 7.01. The molecule has 1 fully saturated rings. The van der Waals surface area contributed by atoms with Crippen LogP contribution in [-0.4, -0.2) is 62.4 Å². The van der Waals surface area contributed by atoms with Crippen LogP contribution in [-0.2, 0) is 14.8 Å². The molecule has 1 amide bonds. The van der Waals surface area contributed by atoms with E-state index in [4.69, 9.17) is 21.1 Å². The van der Waals surface area contributed by atoms with Gasteiger partial charge in [-0.2, -0.15) is 4.31 Å². The minimum atomic E-state index is -4.02. The largest absolute Gasteiger partial charge is 0.485 e. The smallest absolute Gasteiger partial charge is 0.267 e. The molecule has 0 spiro atoms. The molecule has 1 atom stereocenters. The first-order chi connectivity index (χ1) is 13.9. The van der Waals surface area contributed by atoms with Crippen LogP contribution in [0.1, 0.15) is 0 Å². The number of rotatable bonds is 3. The van der Waals surface area contributed by atoms with Gasteiger partial charge in [0.2, 0.25) is 16.1 Å². The predicted molar refractivity (Wildman–Crippen MR) is 103 cm³/mol. The van der Waals surface area contributed by atoms with Gasteiger partial charge in [0.25, 0.3) is 5.91 Å². The Balaban J connectivity index is 1.41. The number of amides is 1. The van der Waals surface area contributed by atoms with Crippen molar-refractivity contribution in [3.63, 3.8) is 0 Å². The number of fused-ring (bicyclic) bond motifs is 1. The quantitative estimate of drug-likeness (QED) is 0.731. The maximum atomic E-state index is 14.1. The Morgan fingerprint density at radius 2 is 1.76 bits per heavy atom. The van der Waals surface area contributed by atoms with Crippen LogP contribution >= 0.6 is 11.6 Å². The van der Waals surface area contributed by atoms with E-state index in [1.54, 1.807) is 18.2 Å². The summed E-state index contributed by atoms with van der Waals surface area (Å²) in [5.74, 6) is -0.0920. The molecule has 4 rings (SSSR count). The molecule has 2 aromatic rings. The van der Waals surface area contributed by atoms with Gasteiger partial charge in [0, 0.05) is 31.2 Å². The second kappa shape index (κ2) is 7.81. The zero-order chi connectivity index (χ0) is 20.6. The van der Waals surface area contributed by atoms with Gasteiger partial charge in [0.15, 0.2) is 11.5 Å². The van der Waals surface area contributed by atoms with Gasteiger partial charge in [0.1, 0.15) is 17.3 Å². The summed E-state index contributed by atoms with van der Waals surface area (Å²) in [4.78, 5) is 13.9. The molecule has 1 saturated heterocycles. The van der Waals surface area contributed by atoms with Gasteiger partial charge >= 0.3 is 0 Å². The molecule has 0 aromatic heterocycles. The van der Waals surface area contributed by atoms with E-state index in [1.165, 1.54) is 11.0 Å². The van der Waals surface area contributed by atoms with E-state index < -0.39 is 26.8 Å². The van der Waals surface area contributed by atoms with E-state index in [0.29, 0.717) is 11.5 Å². The van der Waals surface area contributed by atoms with E-state index in [9.17, 15) is 17.6 Å². The molecule has 0 saturated carbocycles. The van der Waals surface area contributed by atoms with Crippen molar-refractivity contribution in [2.45, 2.75) is 11.0 Å². The number of carbonyl (C=O) groups is 1. The second-order valence-electron chi connectivity index (χ2n) is 6.67. The Labute approximate surface area is 172 Å². The summed E-state index contributed by atoms with van der Waals surface area (Å²) >= 11 is 5.70. The third kappa shape index (κ3) is 3.90. The number of carbonyl (C=O) groups excluding carboxylic acids is 1. The molecule has 0 aliphatic carbocycles. The van der Waals surface area contributed by atoms with Crippen molar-refractivity contribution in [3.05, 3.63) is 53.3 Å². The van der Waals surface area contributed by atoms with E-state index in [0.717, 1.165) is 16.4 Å². The number of sulfonamides is 1. The molecular formula is C19H18ClFN2O5S. The van der Waals surface area contributed by atoms with Gasteiger partial charge < -0.3 is 14.4 Å². The first kappa shape index (κ1) is 19.9. The number of hydrogen-bond acceptors (Lipinski definition) is 5. The van der Waals surface area contributed by atoms with Crippen LogP contribution in [0.15, 0.2) is 47.4 Å². The summed E-state index contributed by atoms with van der Waals surface area (Å²) in [5, 5.41) is 0.119. The van der Waals surface area contributed by atoms with Gasteiger partial charge in [0.05, 0.1) is 0 Å². The molecule has 0 unspecified atom stereocenters. The van der Waals surface area contributed by atoms with Crippen LogP contribution < -0.4 is 9.47 Å². The van der Waals surface area contributed by atoms with Crippen LogP contribution in [0, 0.1) is 5.82 Å². The molecule has 2 aromatic carbocycles. The normalized spacial score (nSPS) is 19.8. The lowest BCUT2D eigenvalue weighted by Gasteiger charge is -2.36. The van der Waals surface area contributed by atoms with Crippen molar-refractivity contribution in [2.75, 3.05) is 32.8 Å². The van der Waals surface area contributed by atoms with Gasteiger partial charge in [-0.05, 0) is 30.3 Å². The highest BCUT2D eigenvalue weighted by atomic mass is 35.5. The Hall–Kier alpha value is -2.36. The maximum Gasteiger partial charge on any atom is 0.267 e. The number of halogens is 2. The highest BCUT2D eigenvalue weighted by Gasteiger charge is 2.36. The van der Waals surface area contributed by atoms with Gasteiger partial charge in [-0.3, -0.25) is 4.79 Å². The minimum absolute atomic E-state index is 0.0559. The van der Waals surface area contributed by atoms with Crippen LogP contribution in [0.4, 0.5) is 4.39 Å². The monoisotopic (exact) mass is 440 g/mol. The number of nitrogens with zero attached hydrogens (tertiary/aromatic N) is 2. The SMILES string of the molecule is O=C([C@@H]1COc2ccccc2O1)N1CCN(S(=O)(=O)c2ccc(Cl)cc2F)CC1. The lowest BCUT2D eigenvalue weighted by Crippen LogP contribution is -2.55. The van der Waals surface area contributed by atoms with Gasteiger partial charge in [-0.15, -0.1) is 0 Å². The molecule has 2 aliphatic rings. The minimum Gasteiger partial charge on any atom is -0.485 e. The van der Waals surface area contributed by atoms with Crippen molar-refractivity contribution in [1.29, 1.82) is 0 Å². The van der Waals surface area contributed by atoms with Crippen LogP contribution in [0.25, 0.3) is 0 Å². The third-order valence-electron chi connectivity index (χ3n) is 4.85. The first-order valence-electron chi connectivity index (χ1n) is 8.99. The van der Waals surface area contributed by atoms with Crippen molar-refractivity contribution in [3.8, 4) is 11.5 Å². The zero-order valence-electron chi connectivity index (χ0n) is 15.3. The topological polar surface area (TPSA) is 76.2 Å². The molecule has 29 heavy (non-hydrogen) atoms. The fraction of sp³-hybridized carbons (Fsp3) is 0.316. The van der Waals surface area contributed by atoms with Crippen molar-refractivity contribution in [1.82, 2.24) is 9.21 Å². The fourth-order valence-corrected chi connectivity index (χ4v) is 4.94. The predicted octanol–water partition coefficient (Wildman–Crippen LogP) is 2.15. The average molecular weight is 441 g/mol. The van der Waals surface area contributed by atoms with Crippen molar-refractivity contribution >= 4 is 27.5 Å². The Morgan fingerprint density at radius 1 is 1.07 bits per heavy atom. The van der Waals surface area contributed by atoms with Gasteiger partial charge in [-0.25, -0.2) is 12.8 Å². The number of para-hydroxylation sites is 2. The van der Waals surface area contributed by atoms with E-state index in [1.807, 2.05) is 6.07 Å². The lowest BCUT2D eigenvalue weighted by atomic mass is 10.2. The van der Waals surface area contributed by atoms with Crippen molar-refractivity contribution in [2.24, 2.45) is 0 Å². The molecule has 10 heteroatoms. The Kier molecular flexibility index (Phi) is 5.37. The standard InChI is InChI=1S/C19H18ClFN2O5S/c20-13-5-6-18(14(21)11-13)29(25,26)23-9-7-22(8-10-23)19(24)17-12-27-15-3-1-2-4-16(15)28-17/h1-6,11,17H,7-10,12H2/t17-/m0/s1. The maximum absolute atomic E-state index is 14.1. The fourth-order valence-electron chi connectivity index (χ4n) is 3.32. The molecule has 2 heterocycles. The van der Waals surface area contributed by atoms with E-state index in [2.05, 4.69) is 0 Å². The molecule has 154 valence electrons. The van der Waals surface area contributed by atoms with E-state index >= 15 is 0 Å². The molecular weight excluding hydrogens is 423 g/mol. The van der Waals surface area contributed by atoms with Crippen molar-refractivity contribution < 1.29 is 27.1 Å². The zero-order valence-corrected chi connectivity index (χ0v) is 16.8. The first-order valence-corrected chi connectivity index (χ1v) is 10.8. The molecule has 0 bridgehead atoms. The molecule has 0 radical (unpaired) electrons. The number of ether oxygens (including phenoxy) is 2. The number of piperazine rings is 1. The van der Waals surface area contributed by atoms with Crippen LogP contribution in [0.5, 0.6) is 11.5 Å². The molecule has 7 nitrogen and oxygen atoms in total. The highest BCUT2D eigenvalue weighted by molar-refractivity contribution is 7.89. The Bertz CT molecular complexity index is 1040. The number of benzene rings is 2. The highest BCUT2D eigenvalue weighted by Crippen LogP contribution is 2.31. The van der Waals surface area contributed by atoms with Crippen LogP contribution in [0.3, 0.4) is 0 Å². The molecule has 2 aliphatic heterocycles. The Morgan fingerprint density at radius 3 is 2.45 bits per heavy atom. The summed E-state index contributed by atoms with van der Waals surface area (Å²) in [6.45, 7) is 0.550. The summed E-state index contributed by atoms with van der Waals surface area (Å²) in [6, 6.07) is 10.5. The average Bonchev–Trinajstić information content (AvgIpc) is 2.72. The second-order valence-corrected chi connectivity index (χ2v) is 9.01. The lowest BCUT2D eigenvalue weighted by molar-refractivity contribution is -0.142. The summed E-state index contributed by atoms with van der Waals surface area (Å²) in [7, 11) is -4.02. The van der Waals surface area contributed by atoms with Crippen LogP contribution in [0.2, 0.25) is 5.02 Å².